The number of hydrogen-bond acceptors (Lipinski definition) is 2. The Kier molecular flexibility index (Phi) is 2.40. The quantitative estimate of drug-likeness (QED) is 0.532. The molecule has 0 aromatic heterocycles. The van der Waals surface area contributed by atoms with Crippen molar-refractivity contribution in [2.45, 2.75) is 19.4 Å². The number of allylic oxidation sites excluding steroid dienone is 1. The van der Waals surface area contributed by atoms with Crippen LogP contribution < -0.4 is 0 Å². The van der Waals surface area contributed by atoms with Gasteiger partial charge in [0.25, 0.3) is 0 Å². The van der Waals surface area contributed by atoms with Gasteiger partial charge in [0.2, 0.25) is 0 Å². The standard InChI is InChI=1S/C6H10O3/c1-3-4-6(2,9)5(7)8/h3-4,9H,1-2H3,(H,7,8)/b4-3+. The predicted octanol–water partition coefficient (Wildman–Crippen LogP) is 0.398. The summed E-state index contributed by atoms with van der Waals surface area (Å²) in [6, 6.07) is 0. The molecule has 0 aromatic rings. The van der Waals surface area contributed by atoms with Gasteiger partial charge in [-0.1, -0.05) is 6.08 Å². The molecule has 3 nitrogen and oxygen atoms in total. The summed E-state index contributed by atoms with van der Waals surface area (Å²) in [7, 11) is 0. The zero-order chi connectivity index (χ0) is 7.49. The fraction of sp³-hybridized carbons (Fsp3) is 0.500. The van der Waals surface area contributed by atoms with Crippen LogP contribution in [0.4, 0.5) is 0 Å². The highest BCUT2D eigenvalue weighted by molar-refractivity contribution is 5.78. The van der Waals surface area contributed by atoms with Crippen LogP contribution in [-0.2, 0) is 4.79 Å². The number of aliphatic hydroxyl groups is 1. The van der Waals surface area contributed by atoms with E-state index < -0.39 is 11.6 Å². The van der Waals surface area contributed by atoms with E-state index in [0.717, 1.165) is 0 Å². The summed E-state index contributed by atoms with van der Waals surface area (Å²) in [4.78, 5) is 10.1. The molecule has 0 amide bonds. The first-order valence-corrected chi connectivity index (χ1v) is 2.60. The van der Waals surface area contributed by atoms with Crippen LogP contribution >= 0.6 is 0 Å². The maximum Gasteiger partial charge on any atom is 0.339 e. The molecule has 1 atom stereocenters. The number of rotatable bonds is 2. The first-order chi connectivity index (χ1) is 4.00. The Morgan fingerprint density at radius 3 is 2.22 bits per heavy atom. The van der Waals surface area contributed by atoms with E-state index in [4.69, 9.17) is 10.2 Å². The van der Waals surface area contributed by atoms with Gasteiger partial charge in [-0.25, -0.2) is 4.79 Å². The van der Waals surface area contributed by atoms with E-state index in [2.05, 4.69) is 0 Å². The van der Waals surface area contributed by atoms with E-state index in [-0.39, 0.29) is 0 Å². The predicted molar refractivity (Wildman–Crippen MR) is 33.1 cm³/mol. The minimum absolute atomic E-state index is 1.22. The van der Waals surface area contributed by atoms with Crippen LogP contribution in [0.5, 0.6) is 0 Å². The number of carboxylic acid groups (broad SMARTS) is 1. The lowest BCUT2D eigenvalue weighted by molar-refractivity contribution is -0.151. The molecule has 0 saturated heterocycles. The maximum atomic E-state index is 10.1. The average molecular weight is 130 g/mol. The Morgan fingerprint density at radius 2 is 2.11 bits per heavy atom. The zero-order valence-corrected chi connectivity index (χ0v) is 5.46. The monoisotopic (exact) mass is 130 g/mol. The highest BCUT2D eigenvalue weighted by atomic mass is 16.4. The van der Waals surface area contributed by atoms with Crippen LogP contribution in [0.2, 0.25) is 0 Å². The molecule has 0 spiro atoms. The van der Waals surface area contributed by atoms with Crippen molar-refractivity contribution in [3.63, 3.8) is 0 Å². The molecular formula is C6H10O3. The molecule has 0 rings (SSSR count). The Labute approximate surface area is 53.6 Å². The Hall–Kier alpha value is -0.830. The second-order valence-electron chi connectivity index (χ2n) is 1.95. The molecule has 0 aliphatic carbocycles. The molecule has 0 bridgehead atoms. The van der Waals surface area contributed by atoms with Gasteiger partial charge in [-0.3, -0.25) is 0 Å². The van der Waals surface area contributed by atoms with Gasteiger partial charge >= 0.3 is 5.97 Å². The molecule has 2 N–H and O–H groups in total. The fourth-order valence-corrected chi connectivity index (χ4v) is 0.396. The molecule has 3 heteroatoms. The topological polar surface area (TPSA) is 57.5 Å². The Morgan fingerprint density at radius 1 is 1.67 bits per heavy atom. The van der Waals surface area contributed by atoms with Crippen LogP contribution in [0.1, 0.15) is 13.8 Å². The minimum atomic E-state index is -1.71. The molecule has 0 aromatic carbocycles. The van der Waals surface area contributed by atoms with Crippen LogP contribution in [0.3, 0.4) is 0 Å². The Balaban J connectivity index is 4.19. The minimum Gasteiger partial charge on any atom is -0.479 e. The van der Waals surface area contributed by atoms with Gasteiger partial charge < -0.3 is 10.2 Å². The summed E-state index contributed by atoms with van der Waals surface area (Å²) >= 11 is 0. The van der Waals surface area contributed by atoms with Crippen LogP contribution in [0, 0.1) is 0 Å². The molecule has 0 saturated carbocycles. The molecule has 0 fully saturated rings. The zero-order valence-electron chi connectivity index (χ0n) is 5.46. The van der Waals surface area contributed by atoms with Crippen molar-refractivity contribution in [3.05, 3.63) is 12.2 Å². The van der Waals surface area contributed by atoms with E-state index in [9.17, 15) is 4.79 Å². The largest absolute Gasteiger partial charge is 0.479 e. The highest BCUT2D eigenvalue weighted by Crippen LogP contribution is 2.03. The highest BCUT2D eigenvalue weighted by Gasteiger charge is 2.25. The number of carboxylic acids is 1. The summed E-state index contributed by atoms with van der Waals surface area (Å²) in [5, 5.41) is 17.2. The van der Waals surface area contributed by atoms with Crippen molar-refractivity contribution >= 4 is 5.97 Å². The second-order valence-corrected chi connectivity index (χ2v) is 1.95. The van der Waals surface area contributed by atoms with E-state index in [1.165, 1.54) is 19.1 Å². The third kappa shape index (κ3) is 2.28. The van der Waals surface area contributed by atoms with E-state index in [1.54, 1.807) is 6.92 Å². The van der Waals surface area contributed by atoms with Gasteiger partial charge in [0.1, 0.15) is 0 Å². The lowest BCUT2D eigenvalue weighted by Gasteiger charge is -2.10. The van der Waals surface area contributed by atoms with Gasteiger partial charge in [-0.05, 0) is 19.9 Å². The van der Waals surface area contributed by atoms with Crippen molar-refractivity contribution in [3.8, 4) is 0 Å². The van der Waals surface area contributed by atoms with Crippen LogP contribution in [0.15, 0.2) is 12.2 Å². The maximum absolute atomic E-state index is 10.1. The molecule has 0 radical (unpaired) electrons. The number of aliphatic carboxylic acids is 1. The molecule has 0 aliphatic heterocycles. The molecule has 0 heterocycles. The molecular weight excluding hydrogens is 120 g/mol. The first-order valence-electron chi connectivity index (χ1n) is 2.60. The lowest BCUT2D eigenvalue weighted by atomic mass is 10.1. The number of carbonyl (C=O) groups is 1. The SMILES string of the molecule is C/C=C/C(C)(O)C(=O)O. The van der Waals surface area contributed by atoms with E-state index in [0.29, 0.717) is 0 Å². The van der Waals surface area contributed by atoms with Crippen molar-refractivity contribution in [1.82, 2.24) is 0 Å². The second kappa shape index (κ2) is 2.64. The van der Waals surface area contributed by atoms with E-state index in [1.807, 2.05) is 0 Å². The van der Waals surface area contributed by atoms with Crippen molar-refractivity contribution in [1.29, 1.82) is 0 Å². The fourth-order valence-electron chi connectivity index (χ4n) is 0.396. The Bertz CT molecular complexity index is 135. The van der Waals surface area contributed by atoms with Gasteiger partial charge in [0, 0.05) is 0 Å². The smallest absolute Gasteiger partial charge is 0.339 e. The summed E-state index contributed by atoms with van der Waals surface area (Å²) in [5.74, 6) is -1.24. The molecule has 0 aliphatic rings. The molecule has 9 heavy (non-hydrogen) atoms. The number of hydrogen-bond donors (Lipinski definition) is 2. The van der Waals surface area contributed by atoms with Gasteiger partial charge in [-0.15, -0.1) is 0 Å². The van der Waals surface area contributed by atoms with Crippen molar-refractivity contribution in [2.75, 3.05) is 0 Å². The van der Waals surface area contributed by atoms with Gasteiger partial charge in [-0.2, -0.15) is 0 Å². The summed E-state index contributed by atoms with van der Waals surface area (Å²) < 4.78 is 0. The van der Waals surface area contributed by atoms with Gasteiger partial charge in [0.05, 0.1) is 0 Å². The first kappa shape index (κ1) is 8.17. The van der Waals surface area contributed by atoms with Crippen LogP contribution in [0.25, 0.3) is 0 Å². The summed E-state index contributed by atoms with van der Waals surface area (Å²) in [5.41, 5.74) is -1.71. The van der Waals surface area contributed by atoms with Crippen LogP contribution in [-0.4, -0.2) is 21.8 Å². The molecule has 1 unspecified atom stereocenters. The molecule has 52 valence electrons. The van der Waals surface area contributed by atoms with Crippen molar-refractivity contribution < 1.29 is 15.0 Å². The third-order valence-electron chi connectivity index (χ3n) is 0.924. The van der Waals surface area contributed by atoms with Crippen molar-refractivity contribution in [2.24, 2.45) is 0 Å². The average Bonchev–Trinajstić information content (AvgIpc) is 1.65. The third-order valence-corrected chi connectivity index (χ3v) is 0.924. The van der Waals surface area contributed by atoms with Gasteiger partial charge in [0.15, 0.2) is 5.60 Å². The normalized spacial score (nSPS) is 17.7. The van der Waals surface area contributed by atoms with E-state index >= 15 is 0 Å². The summed E-state index contributed by atoms with van der Waals surface area (Å²) in [6.07, 6.45) is 2.71. The summed E-state index contributed by atoms with van der Waals surface area (Å²) in [6.45, 7) is 2.87. The lowest BCUT2D eigenvalue weighted by Crippen LogP contribution is -2.31.